The van der Waals surface area contributed by atoms with E-state index in [0.29, 0.717) is 77.9 Å². The van der Waals surface area contributed by atoms with Crippen molar-refractivity contribution < 1.29 is 36.3 Å². The fraction of sp³-hybridized carbons (Fsp3) is 0.410. The van der Waals surface area contributed by atoms with E-state index in [9.17, 15) is 31.9 Å². The van der Waals surface area contributed by atoms with E-state index >= 15 is 4.39 Å². The normalized spacial score (nSPS) is 19.4. The van der Waals surface area contributed by atoms with Gasteiger partial charge in [-0.15, -0.1) is 13.2 Å². The van der Waals surface area contributed by atoms with Crippen molar-refractivity contribution in [1.29, 1.82) is 0 Å². The molecule has 1 atom stereocenters. The summed E-state index contributed by atoms with van der Waals surface area (Å²) < 4.78 is 76.1. The number of rotatable bonds is 8. The topological polar surface area (TPSA) is 95.9 Å². The molecule has 2 amide bonds. The lowest BCUT2D eigenvalue weighted by molar-refractivity contribution is -0.275. The number of pyridine rings is 1. The van der Waals surface area contributed by atoms with Gasteiger partial charge in [-0.2, -0.15) is 0 Å². The first-order valence-corrected chi connectivity index (χ1v) is 17.9. The van der Waals surface area contributed by atoms with E-state index in [1.165, 1.54) is 48.1 Å². The fourth-order valence-corrected chi connectivity index (χ4v) is 8.06. The number of halogens is 5. The van der Waals surface area contributed by atoms with E-state index in [1.807, 2.05) is 4.90 Å². The van der Waals surface area contributed by atoms with Gasteiger partial charge >= 0.3 is 6.36 Å². The summed E-state index contributed by atoms with van der Waals surface area (Å²) in [5.41, 5.74) is 1.79. The summed E-state index contributed by atoms with van der Waals surface area (Å²) in [5, 5.41) is 5.87. The summed E-state index contributed by atoms with van der Waals surface area (Å²) >= 11 is 0. The van der Waals surface area contributed by atoms with Crippen molar-refractivity contribution in [2.75, 3.05) is 36.4 Å². The fourth-order valence-electron chi connectivity index (χ4n) is 8.06. The predicted octanol–water partition coefficient (Wildman–Crippen LogP) is 6.73. The number of aryl methyl sites for hydroxylation is 1. The van der Waals surface area contributed by atoms with Crippen molar-refractivity contribution in [2.24, 2.45) is 18.9 Å². The van der Waals surface area contributed by atoms with Crippen LogP contribution in [0.1, 0.15) is 44.1 Å². The molecule has 1 aromatic heterocycles. The number of hydrogen-bond acceptors (Lipinski definition) is 7. The molecule has 0 saturated carbocycles. The zero-order chi connectivity index (χ0) is 37.4. The lowest BCUT2D eigenvalue weighted by Gasteiger charge is -2.41. The van der Waals surface area contributed by atoms with Crippen molar-refractivity contribution in [3.8, 4) is 16.9 Å². The molecule has 3 aliphatic rings. The second-order valence-electron chi connectivity index (χ2n) is 14.3. The van der Waals surface area contributed by atoms with Crippen LogP contribution in [0, 0.1) is 23.5 Å². The van der Waals surface area contributed by atoms with Gasteiger partial charge in [-0.25, -0.2) is 8.78 Å². The highest BCUT2D eigenvalue weighted by Crippen LogP contribution is 2.38. The van der Waals surface area contributed by atoms with Gasteiger partial charge in [0.1, 0.15) is 23.4 Å². The van der Waals surface area contributed by atoms with E-state index in [4.69, 9.17) is 0 Å². The lowest BCUT2D eigenvalue weighted by Crippen LogP contribution is -2.47. The lowest BCUT2D eigenvalue weighted by atomic mass is 9.78. The SMILES string of the molecule is Cn1cc(-c2ccc(CN3CCC(C4CCN(c5ccc(NC6CCC(=O)NC6=O)cc5F)CC4)CC3)c(OC(F)(F)F)c2)c2cc(F)ccc2c1=O. The Kier molecular flexibility index (Phi) is 10.2. The summed E-state index contributed by atoms with van der Waals surface area (Å²) in [7, 11) is 1.54. The number of benzene rings is 3. The molecular weight excluding hydrogens is 697 g/mol. The quantitative estimate of drug-likeness (QED) is 0.153. The van der Waals surface area contributed by atoms with Gasteiger partial charge in [0, 0.05) is 61.5 Å². The number of hydrogen-bond donors (Lipinski definition) is 2. The molecular formula is C39H40F5N5O4. The van der Waals surface area contributed by atoms with Crippen LogP contribution in [0.25, 0.3) is 21.9 Å². The number of nitrogens with one attached hydrogen (secondary N) is 2. The van der Waals surface area contributed by atoms with Crippen LogP contribution in [0.4, 0.5) is 33.3 Å². The summed E-state index contributed by atoms with van der Waals surface area (Å²) in [6, 6.07) is 12.6. The molecule has 14 heteroatoms. The highest BCUT2D eigenvalue weighted by atomic mass is 19.4. The monoisotopic (exact) mass is 737 g/mol. The van der Waals surface area contributed by atoms with Crippen LogP contribution in [0.5, 0.6) is 5.75 Å². The van der Waals surface area contributed by atoms with Gasteiger partial charge in [-0.3, -0.25) is 24.6 Å². The average molecular weight is 738 g/mol. The number of alkyl halides is 3. The zero-order valence-corrected chi connectivity index (χ0v) is 29.1. The maximum absolute atomic E-state index is 15.2. The Balaban J connectivity index is 0.966. The zero-order valence-electron chi connectivity index (χ0n) is 29.1. The standard InChI is InChI=1S/C39H40F5N5O4/c1-47-22-31(30-19-27(40)4-6-29(30)38(47)52)25-2-3-26(35(18-25)53-39(42,43)44)21-48-14-10-23(11-15-48)24-12-16-49(17-13-24)34-8-5-28(20-32(34)41)45-33-7-9-36(50)46-37(33)51/h2-6,8,18-20,22-24,33,45H,7,9-17,21H2,1H3,(H,46,50,51). The summed E-state index contributed by atoms with van der Waals surface area (Å²) in [6.07, 6.45) is 0.720. The van der Waals surface area contributed by atoms with Crippen LogP contribution in [-0.2, 0) is 23.2 Å². The molecule has 7 rings (SSSR count). The molecule has 9 nitrogen and oxygen atoms in total. The number of fused-ring (bicyclic) bond motifs is 1. The van der Waals surface area contributed by atoms with Crippen molar-refractivity contribution >= 4 is 34.0 Å². The number of likely N-dealkylation sites (tertiary alicyclic amines) is 1. The van der Waals surface area contributed by atoms with Crippen molar-refractivity contribution in [1.82, 2.24) is 14.8 Å². The minimum Gasteiger partial charge on any atom is -0.405 e. The minimum atomic E-state index is -4.93. The number of anilines is 2. The minimum absolute atomic E-state index is 0.229. The maximum Gasteiger partial charge on any atom is 0.573 e. The number of carbonyl (C=O) groups excluding carboxylic acids is 2. The van der Waals surface area contributed by atoms with E-state index in [-0.39, 0.29) is 41.4 Å². The molecule has 280 valence electrons. The van der Waals surface area contributed by atoms with Gasteiger partial charge in [0.05, 0.1) is 5.69 Å². The first-order chi connectivity index (χ1) is 25.3. The molecule has 0 spiro atoms. The van der Waals surface area contributed by atoms with E-state index in [0.717, 1.165) is 25.7 Å². The van der Waals surface area contributed by atoms with Gasteiger partial charge in [-0.05, 0) is 110 Å². The molecule has 4 heterocycles. The molecule has 3 saturated heterocycles. The van der Waals surface area contributed by atoms with Crippen molar-refractivity contribution in [2.45, 2.75) is 57.5 Å². The Morgan fingerprint density at radius 1 is 0.849 bits per heavy atom. The third-order valence-electron chi connectivity index (χ3n) is 10.9. The Hall–Kier alpha value is -4.98. The molecule has 3 fully saturated rings. The molecule has 0 aliphatic carbocycles. The highest BCUT2D eigenvalue weighted by Gasteiger charge is 2.34. The largest absolute Gasteiger partial charge is 0.573 e. The number of aromatic nitrogens is 1. The summed E-state index contributed by atoms with van der Waals surface area (Å²) in [5.74, 6) is -1.11. The maximum atomic E-state index is 15.2. The Labute approximate surface area is 302 Å². The Morgan fingerprint density at radius 3 is 2.25 bits per heavy atom. The summed E-state index contributed by atoms with van der Waals surface area (Å²) in [6.45, 7) is 3.07. The van der Waals surface area contributed by atoms with Crippen LogP contribution in [0.15, 0.2) is 65.6 Å². The summed E-state index contributed by atoms with van der Waals surface area (Å²) in [4.78, 5) is 40.3. The van der Waals surface area contributed by atoms with Crippen LogP contribution < -0.4 is 25.8 Å². The van der Waals surface area contributed by atoms with Gasteiger partial charge in [0.2, 0.25) is 11.8 Å². The van der Waals surface area contributed by atoms with Gasteiger partial charge in [0.15, 0.2) is 0 Å². The van der Waals surface area contributed by atoms with Crippen LogP contribution in [-0.4, -0.2) is 59.9 Å². The smallest absolute Gasteiger partial charge is 0.405 e. The number of amides is 2. The number of carbonyl (C=O) groups is 2. The Morgan fingerprint density at radius 2 is 1.57 bits per heavy atom. The van der Waals surface area contributed by atoms with Crippen LogP contribution >= 0.6 is 0 Å². The van der Waals surface area contributed by atoms with Crippen molar-refractivity contribution in [3.63, 3.8) is 0 Å². The molecule has 0 bridgehead atoms. The van der Waals surface area contributed by atoms with Gasteiger partial charge in [-0.1, -0.05) is 12.1 Å². The highest BCUT2D eigenvalue weighted by molar-refractivity contribution is 6.01. The van der Waals surface area contributed by atoms with E-state index < -0.39 is 24.1 Å². The number of imide groups is 1. The third kappa shape index (κ3) is 8.17. The Bertz CT molecular complexity index is 2090. The second kappa shape index (κ2) is 14.8. The molecule has 53 heavy (non-hydrogen) atoms. The molecule has 4 aromatic rings. The average Bonchev–Trinajstić information content (AvgIpc) is 3.12. The molecule has 1 unspecified atom stereocenters. The first-order valence-electron chi connectivity index (χ1n) is 17.9. The van der Waals surface area contributed by atoms with E-state index in [1.54, 1.807) is 24.3 Å². The first kappa shape index (κ1) is 36.4. The third-order valence-corrected chi connectivity index (χ3v) is 10.9. The van der Waals surface area contributed by atoms with Crippen LogP contribution in [0.2, 0.25) is 0 Å². The molecule has 0 radical (unpaired) electrons. The van der Waals surface area contributed by atoms with E-state index in [2.05, 4.69) is 20.3 Å². The number of piperidine rings is 3. The van der Waals surface area contributed by atoms with Gasteiger partial charge < -0.3 is 19.5 Å². The van der Waals surface area contributed by atoms with Crippen LogP contribution in [0.3, 0.4) is 0 Å². The second-order valence-corrected chi connectivity index (χ2v) is 14.3. The molecule has 3 aliphatic heterocycles. The molecule has 2 N–H and O–H groups in total. The molecule has 3 aromatic carbocycles. The van der Waals surface area contributed by atoms with Crippen molar-refractivity contribution in [3.05, 3.63) is 88.3 Å². The predicted molar refractivity (Wildman–Crippen MR) is 190 cm³/mol. The van der Waals surface area contributed by atoms with Gasteiger partial charge in [0.25, 0.3) is 5.56 Å². The number of nitrogens with zero attached hydrogens (tertiary/aromatic N) is 3. The number of ether oxygens (including phenoxy) is 1.